The SMILES string of the molecule is Cc1[nH]c2ccccc2c1C(=O)C(=O)N(Cc1ccccc1)C1CC1. The predicted molar refractivity (Wildman–Crippen MR) is 97.4 cm³/mol. The average Bonchev–Trinajstić information content (AvgIpc) is 3.41. The van der Waals surface area contributed by atoms with Crippen molar-refractivity contribution in [3.8, 4) is 0 Å². The number of carbonyl (C=O) groups excluding carboxylic acids is 2. The maximum atomic E-state index is 13.0. The van der Waals surface area contributed by atoms with E-state index in [0.717, 1.165) is 35.0 Å². The van der Waals surface area contributed by atoms with Crippen LogP contribution in [0.1, 0.15) is 34.5 Å². The van der Waals surface area contributed by atoms with Crippen LogP contribution in [0.2, 0.25) is 0 Å². The Bertz CT molecular complexity index is 939. The van der Waals surface area contributed by atoms with Crippen LogP contribution in [-0.2, 0) is 11.3 Å². The van der Waals surface area contributed by atoms with E-state index >= 15 is 0 Å². The van der Waals surface area contributed by atoms with Crippen LogP contribution in [0.4, 0.5) is 0 Å². The Morgan fingerprint density at radius 1 is 1.04 bits per heavy atom. The summed E-state index contributed by atoms with van der Waals surface area (Å²) in [6, 6.07) is 17.6. The van der Waals surface area contributed by atoms with Gasteiger partial charge in [0.05, 0.1) is 5.56 Å². The van der Waals surface area contributed by atoms with Crippen LogP contribution in [0.15, 0.2) is 54.6 Å². The van der Waals surface area contributed by atoms with Gasteiger partial charge in [0, 0.05) is 29.2 Å². The van der Waals surface area contributed by atoms with Crippen molar-refractivity contribution in [2.24, 2.45) is 0 Å². The summed E-state index contributed by atoms with van der Waals surface area (Å²) < 4.78 is 0. The highest BCUT2D eigenvalue weighted by Crippen LogP contribution is 2.30. The van der Waals surface area contributed by atoms with Gasteiger partial charge in [-0.15, -0.1) is 0 Å². The molecular formula is C21H20N2O2. The maximum absolute atomic E-state index is 13.0. The highest BCUT2D eigenvalue weighted by atomic mass is 16.2. The highest BCUT2D eigenvalue weighted by Gasteiger charge is 2.36. The second-order valence-corrected chi connectivity index (χ2v) is 6.65. The second kappa shape index (κ2) is 6.20. The van der Waals surface area contributed by atoms with Crippen LogP contribution < -0.4 is 0 Å². The molecular weight excluding hydrogens is 312 g/mol. The lowest BCUT2D eigenvalue weighted by Crippen LogP contribution is -2.38. The highest BCUT2D eigenvalue weighted by molar-refractivity contribution is 6.45. The minimum Gasteiger partial charge on any atom is -0.358 e. The van der Waals surface area contributed by atoms with Crippen molar-refractivity contribution in [1.29, 1.82) is 0 Å². The lowest BCUT2D eigenvalue weighted by molar-refractivity contribution is -0.127. The summed E-state index contributed by atoms with van der Waals surface area (Å²) in [5.74, 6) is -0.822. The Kier molecular flexibility index (Phi) is 3.88. The molecule has 0 spiro atoms. The molecule has 4 rings (SSSR count). The number of amides is 1. The Morgan fingerprint density at radius 2 is 1.72 bits per heavy atom. The van der Waals surface area contributed by atoms with Gasteiger partial charge in [-0.05, 0) is 31.4 Å². The number of H-pyrrole nitrogens is 1. The monoisotopic (exact) mass is 332 g/mol. The van der Waals surface area contributed by atoms with Gasteiger partial charge in [-0.2, -0.15) is 0 Å². The predicted octanol–water partition coefficient (Wildman–Crippen LogP) is 3.85. The number of benzene rings is 2. The van der Waals surface area contributed by atoms with Crippen molar-refractivity contribution < 1.29 is 9.59 Å². The minimum atomic E-state index is -0.419. The summed E-state index contributed by atoms with van der Waals surface area (Å²) in [5.41, 5.74) is 3.18. The van der Waals surface area contributed by atoms with E-state index in [1.165, 1.54) is 0 Å². The number of rotatable bonds is 5. The normalized spacial score (nSPS) is 13.8. The quantitative estimate of drug-likeness (QED) is 0.570. The first-order chi connectivity index (χ1) is 12.1. The Morgan fingerprint density at radius 3 is 2.44 bits per heavy atom. The Balaban J connectivity index is 1.65. The third-order valence-corrected chi connectivity index (χ3v) is 4.76. The fraction of sp³-hybridized carbons (Fsp3) is 0.238. The molecule has 0 bridgehead atoms. The maximum Gasteiger partial charge on any atom is 0.295 e. The molecule has 0 unspecified atom stereocenters. The largest absolute Gasteiger partial charge is 0.358 e. The number of para-hydroxylation sites is 1. The van der Waals surface area contributed by atoms with Gasteiger partial charge in [0.15, 0.2) is 0 Å². The number of aryl methyl sites for hydroxylation is 1. The Labute approximate surface area is 146 Å². The third kappa shape index (κ3) is 2.95. The van der Waals surface area contributed by atoms with E-state index in [0.29, 0.717) is 12.1 Å². The molecule has 1 heterocycles. The van der Waals surface area contributed by atoms with E-state index in [1.807, 2.05) is 61.5 Å². The molecule has 1 amide bonds. The number of hydrogen-bond acceptors (Lipinski definition) is 2. The molecule has 1 aromatic heterocycles. The molecule has 126 valence electrons. The molecule has 0 saturated heterocycles. The smallest absolute Gasteiger partial charge is 0.295 e. The molecule has 4 heteroatoms. The van der Waals surface area contributed by atoms with Gasteiger partial charge in [0.25, 0.3) is 11.7 Å². The number of hydrogen-bond donors (Lipinski definition) is 1. The van der Waals surface area contributed by atoms with Gasteiger partial charge in [0.2, 0.25) is 0 Å². The molecule has 1 aliphatic rings. The zero-order chi connectivity index (χ0) is 17.4. The number of carbonyl (C=O) groups is 2. The number of aromatic amines is 1. The summed E-state index contributed by atoms with van der Waals surface area (Å²) in [6.45, 7) is 2.33. The van der Waals surface area contributed by atoms with Gasteiger partial charge in [-0.1, -0.05) is 48.5 Å². The van der Waals surface area contributed by atoms with Crippen LogP contribution in [0, 0.1) is 6.92 Å². The van der Waals surface area contributed by atoms with Gasteiger partial charge in [-0.25, -0.2) is 0 Å². The molecule has 25 heavy (non-hydrogen) atoms. The molecule has 1 aliphatic carbocycles. The molecule has 0 atom stereocenters. The van der Waals surface area contributed by atoms with E-state index in [2.05, 4.69) is 4.98 Å². The first-order valence-corrected chi connectivity index (χ1v) is 8.61. The van der Waals surface area contributed by atoms with E-state index in [9.17, 15) is 9.59 Å². The number of nitrogens with zero attached hydrogens (tertiary/aromatic N) is 1. The van der Waals surface area contributed by atoms with Crippen LogP contribution >= 0.6 is 0 Å². The molecule has 2 aromatic carbocycles. The standard InChI is InChI=1S/C21H20N2O2/c1-14-19(17-9-5-6-10-18(17)22-14)20(24)21(25)23(16-11-12-16)13-15-7-3-2-4-8-15/h2-10,16,22H,11-13H2,1H3. The minimum absolute atomic E-state index is 0.183. The van der Waals surface area contributed by atoms with Crippen molar-refractivity contribution in [2.45, 2.75) is 32.4 Å². The lowest BCUT2D eigenvalue weighted by Gasteiger charge is -2.22. The average molecular weight is 332 g/mol. The number of ketones is 1. The fourth-order valence-electron chi connectivity index (χ4n) is 3.34. The first-order valence-electron chi connectivity index (χ1n) is 8.61. The Hall–Kier alpha value is -2.88. The van der Waals surface area contributed by atoms with Crippen molar-refractivity contribution in [1.82, 2.24) is 9.88 Å². The lowest BCUT2D eigenvalue weighted by atomic mass is 10.1. The summed E-state index contributed by atoms with van der Waals surface area (Å²) in [4.78, 5) is 30.9. The van der Waals surface area contributed by atoms with E-state index < -0.39 is 11.7 Å². The van der Waals surface area contributed by atoms with Crippen molar-refractivity contribution in [2.75, 3.05) is 0 Å². The first kappa shape index (κ1) is 15.6. The van der Waals surface area contributed by atoms with E-state index in [4.69, 9.17) is 0 Å². The summed E-state index contributed by atoms with van der Waals surface area (Å²) >= 11 is 0. The van der Waals surface area contributed by atoms with Crippen molar-refractivity contribution in [3.63, 3.8) is 0 Å². The molecule has 1 saturated carbocycles. The van der Waals surface area contributed by atoms with Gasteiger partial charge in [-0.3, -0.25) is 9.59 Å². The molecule has 4 nitrogen and oxygen atoms in total. The molecule has 1 fully saturated rings. The molecule has 0 aliphatic heterocycles. The van der Waals surface area contributed by atoms with Gasteiger partial charge < -0.3 is 9.88 Å². The summed E-state index contributed by atoms with van der Waals surface area (Å²) in [5, 5.41) is 0.814. The van der Waals surface area contributed by atoms with Crippen LogP contribution in [0.25, 0.3) is 10.9 Å². The molecule has 1 N–H and O–H groups in total. The number of nitrogens with one attached hydrogen (secondary N) is 1. The van der Waals surface area contributed by atoms with Crippen molar-refractivity contribution in [3.05, 3.63) is 71.4 Å². The molecule has 3 aromatic rings. The van der Waals surface area contributed by atoms with Crippen LogP contribution in [0.3, 0.4) is 0 Å². The zero-order valence-corrected chi connectivity index (χ0v) is 14.2. The number of fused-ring (bicyclic) bond motifs is 1. The summed E-state index contributed by atoms with van der Waals surface area (Å²) in [6.07, 6.45) is 1.94. The summed E-state index contributed by atoms with van der Waals surface area (Å²) in [7, 11) is 0. The topological polar surface area (TPSA) is 53.2 Å². The van der Waals surface area contributed by atoms with Gasteiger partial charge >= 0.3 is 0 Å². The second-order valence-electron chi connectivity index (χ2n) is 6.65. The van der Waals surface area contributed by atoms with Gasteiger partial charge in [0.1, 0.15) is 0 Å². The number of aromatic nitrogens is 1. The third-order valence-electron chi connectivity index (χ3n) is 4.76. The zero-order valence-electron chi connectivity index (χ0n) is 14.2. The van der Waals surface area contributed by atoms with E-state index in [1.54, 1.807) is 4.90 Å². The van der Waals surface area contributed by atoms with Crippen LogP contribution in [-0.4, -0.2) is 27.6 Å². The molecule has 0 radical (unpaired) electrons. The van der Waals surface area contributed by atoms with Crippen molar-refractivity contribution >= 4 is 22.6 Å². The number of Topliss-reactive ketones (excluding diaryl/α,β-unsaturated/α-hetero) is 1. The fourth-order valence-corrected chi connectivity index (χ4v) is 3.34. The van der Waals surface area contributed by atoms with E-state index in [-0.39, 0.29) is 6.04 Å². The van der Waals surface area contributed by atoms with Crippen LogP contribution in [0.5, 0.6) is 0 Å².